The Balaban J connectivity index is 1.78. The lowest BCUT2D eigenvalue weighted by Crippen LogP contribution is -2.46. The molecule has 0 bridgehead atoms. The number of hydrogen-bond acceptors (Lipinski definition) is 3. The molecule has 1 saturated heterocycles. The van der Waals surface area contributed by atoms with E-state index >= 15 is 0 Å². The van der Waals surface area contributed by atoms with E-state index in [1.54, 1.807) is 6.07 Å². The highest BCUT2D eigenvalue weighted by Crippen LogP contribution is 2.21. The van der Waals surface area contributed by atoms with Crippen LogP contribution in [0.5, 0.6) is 0 Å². The van der Waals surface area contributed by atoms with E-state index in [0.29, 0.717) is 16.6 Å². The summed E-state index contributed by atoms with van der Waals surface area (Å²) in [5, 5.41) is 4.45. The Hall–Kier alpha value is -0.810. The molecule has 1 aromatic rings. The molecule has 1 N–H and O–H groups in total. The van der Waals surface area contributed by atoms with Crippen LogP contribution in [0.15, 0.2) is 18.2 Å². The fourth-order valence-electron chi connectivity index (χ4n) is 2.76. The molecule has 0 unspecified atom stereocenters. The molecule has 1 aliphatic heterocycles. The van der Waals surface area contributed by atoms with Crippen molar-refractivity contribution in [3.8, 4) is 0 Å². The molecule has 4 nitrogen and oxygen atoms in total. The van der Waals surface area contributed by atoms with Gasteiger partial charge in [0.2, 0.25) is 5.91 Å². The van der Waals surface area contributed by atoms with Gasteiger partial charge in [0.05, 0.1) is 6.54 Å². The summed E-state index contributed by atoms with van der Waals surface area (Å²) in [4.78, 5) is 16.0. The van der Waals surface area contributed by atoms with E-state index in [4.69, 9.17) is 23.2 Å². The lowest BCUT2D eigenvalue weighted by molar-refractivity contribution is -0.122. The lowest BCUT2D eigenvalue weighted by atomic mass is 10.0. The third kappa shape index (κ3) is 5.76. The number of nitrogens with one attached hydrogen (secondary N) is 1. The number of hydrogen-bond donors (Lipinski definition) is 1. The van der Waals surface area contributed by atoms with Gasteiger partial charge in [0.1, 0.15) is 0 Å². The van der Waals surface area contributed by atoms with Crippen molar-refractivity contribution in [1.82, 2.24) is 15.1 Å². The first-order valence-corrected chi connectivity index (χ1v) is 8.29. The summed E-state index contributed by atoms with van der Waals surface area (Å²) < 4.78 is 0. The van der Waals surface area contributed by atoms with Crippen LogP contribution >= 0.6 is 23.2 Å². The third-order valence-corrected chi connectivity index (χ3v) is 4.18. The van der Waals surface area contributed by atoms with Crippen molar-refractivity contribution >= 4 is 29.1 Å². The van der Waals surface area contributed by atoms with Crippen molar-refractivity contribution in [1.29, 1.82) is 0 Å². The van der Waals surface area contributed by atoms with Crippen molar-refractivity contribution in [2.75, 3.05) is 33.7 Å². The first-order valence-electron chi connectivity index (χ1n) is 7.54. The number of carbonyl (C=O) groups is 1. The second-order valence-corrected chi connectivity index (χ2v) is 7.01. The minimum atomic E-state index is 0.102. The summed E-state index contributed by atoms with van der Waals surface area (Å²) in [5.41, 5.74) is 1.13. The van der Waals surface area contributed by atoms with Crippen LogP contribution < -0.4 is 5.32 Å². The molecule has 1 fully saturated rings. The van der Waals surface area contributed by atoms with E-state index in [-0.39, 0.29) is 11.9 Å². The zero-order valence-corrected chi connectivity index (χ0v) is 14.6. The number of benzene rings is 1. The highest BCUT2D eigenvalue weighted by molar-refractivity contribution is 6.34. The third-order valence-electron chi connectivity index (χ3n) is 3.74. The Kier molecular flexibility index (Phi) is 6.50. The summed E-state index contributed by atoms with van der Waals surface area (Å²) in [6.07, 6.45) is 1.96. The van der Waals surface area contributed by atoms with E-state index in [1.165, 1.54) is 0 Å². The number of likely N-dealkylation sites (N-methyl/N-ethyl adjacent to an activating group) is 1. The smallest absolute Gasteiger partial charge is 0.234 e. The van der Waals surface area contributed by atoms with E-state index in [9.17, 15) is 4.79 Å². The highest BCUT2D eigenvalue weighted by atomic mass is 35.5. The molecule has 1 amide bonds. The minimum absolute atomic E-state index is 0.102. The van der Waals surface area contributed by atoms with Crippen LogP contribution in [0.3, 0.4) is 0 Å². The topological polar surface area (TPSA) is 35.6 Å². The fourth-order valence-corrected chi connectivity index (χ4v) is 3.33. The van der Waals surface area contributed by atoms with Crippen molar-refractivity contribution in [3.63, 3.8) is 0 Å². The average molecular weight is 344 g/mol. The molecule has 1 heterocycles. The molecular weight excluding hydrogens is 321 g/mol. The predicted octanol–water partition coefficient (Wildman–Crippen LogP) is 2.64. The Bertz CT molecular complexity index is 494. The predicted molar refractivity (Wildman–Crippen MR) is 91.5 cm³/mol. The van der Waals surface area contributed by atoms with E-state index < -0.39 is 0 Å². The van der Waals surface area contributed by atoms with Gasteiger partial charge >= 0.3 is 0 Å². The molecule has 1 aliphatic rings. The molecule has 6 heteroatoms. The highest BCUT2D eigenvalue weighted by Gasteiger charge is 2.20. The van der Waals surface area contributed by atoms with Gasteiger partial charge in [-0.25, -0.2) is 0 Å². The van der Waals surface area contributed by atoms with Gasteiger partial charge in [-0.05, 0) is 50.7 Å². The Morgan fingerprint density at radius 2 is 1.82 bits per heavy atom. The SMILES string of the molecule is CN(C)CC(=O)NC1CCN(Cc2cc(Cl)cc(Cl)c2)CC1. The fraction of sp³-hybridized carbons (Fsp3) is 0.562. The maximum Gasteiger partial charge on any atom is 0.234 e. The van der Waals surface area contributed by atoms with Gasteiger partial charge in [-0.15, -0.1) is 0 Å². The largest absolute Gasteiger partial charge is 0.352 e. The van der Waals surface area contributed by atoms with Crippen LogP contribution in [-0.2, 0) is 11.3 Å². The van der Waals surface area contributed by atoms with Crippen LogP contribution in [0.2, 0.25) is 10.0 Å². The number of piperidine rings is 1. The molecule has 0 aromatic heterocycles. The maximum absolute atomic E-state index is 11.8. The van der Waals surface area contributed by atoms with Crippen molar-refractivity contribution < 1.29 is 4.79 Å². The summed E-state index contributed by atoms with van der Waals surface area (Å²) in [6, 6.07) is 5.95. The van der Waals surface area contributed by atoms with Crippen LogP contribution in [0.1, 0.15) is 18.4 Å². The second kappa shape index (κ2) is 8.16. The molecule has 0 spiro atoms. The van der Waals surface area contributed by atoms with E-state index in [0.717, 1.165) is 38.0 Å². The Labute approximate surface area is 142 Å². The minimum Gasteiger partial charge on any atom is -0.352 e. The van der Waals surface area contributed by atoms with Crippen molar-refractivity contribution in [2.24, 2.45) is 0 Å². The van der Waals surface area contributed by atoms with E-state index in [2.05, 4.69) is 10.2 Å². The number of rotatable bonds is 5. The van der Waals surface area contributed by atoms with Gasteiger partial charge in [0.25, 0.3) is 0 Å². The lowest BCUT2D eigenvalue weighted by Gasteiger charge is -2.32. The van der Waals surface area contributed by atoms with Crippen LogP contribution in [0, 0.1) is 0 Å². The van der Waals surface area contributed by atoms with E-state index in [1.807, 2.05) is 31.1 Å². The summed E-state index contributed by atoms with van der Waals surface area (Å²) in [7, 11) is 3.80. The normalized spacial score (nSPS) is 17.0. The standard InChI is InChI=1S/C16H23Cl2N3O/c1-20(2)11-16(22)19-15-3-5-21(6-4-15)10-12-7-13(17)9-14(18)8-12/h7-9,15H,3-6,10-11H2,1-2H3,(H,19,22). The second-order valence-electron chi connectivity index (χ2n) is 6.13. The number of halogens is 2. The molecular formula is C16H23Cl2N3O. The number of carbonyl (C=O) groups excluding carboxylic acids is 1. The zero-order valence-electron chi connectivity index (χ0n) is 13.1. The maximum atomic E-state index is 11.8. The van der Waals surface area contributed by atoms with Crippen LogP contribution in [0.25, 0.3) is 0 Å². The summed E-state index contributed by atoms with van der Waals surface area (Å²) in [6.45, 7) is 3.23. The number of amides is 1. The van der Waals surface area contributed by atoms with Gasteiger partial charge in [-0.3, -0.25) is 9.69 Å². The van der Waals surface area contributed by atoms with Gasteiger partial charge in [-0.2, -0.15) is 0 Å². The molecule has 0 saturated carbocycles. The Morgan fingerprint density at radius 3 is 2.36 bits per heavy atom. The molecule has 1 aromatic carbocycles. The monoisotopic (exact) mass is 343 g/mol. The molecule has 2 rings (SSSR count). The quantitative estimate of drug-likeness (QED) is 0.892. The summed E-state index contributed by atoms with van der Waals surface area (Å²) in [5.74, 6) is 0.102. The van der Waals surface area contributed by atoms with Gasteiger partial charge in [-0.1, -0.05) is 23.2 Å². The average Bonchev–Trinajstić information content (AvgIpc) is 2.39. The molecule has 22 heavy (non-hydrogen) atoms. The first kappa shape index (κ1) is 17.5. The van der Waals surface area contributed by atoms with Crippen molar-refractivity contribution in [3.05, 3.63) is 33.8 Å². The van der Waals surface area contributed by atoms with Crippen molar-refractivity contribution in [2.45, 2.75) is 25.4 Å². The number of likely N-dealkylation sites (tertiary alicyclic amines) is 1. The first-order chi connectivity index (χ1) is 10.4. The number of nitrogens with zero attached hydrogens (tertiary/aromatic N) is 2. The Morgan fingerprint density at radius 1 is 1.23 bits per heavy atom. The molecule has 0 radical (unpaired) electrons. The van der Waals surface area contributed by atoms with Gasteiger partial charge in [0.15, 0.2) is 0 Å². The van der Waals surface area contributed by atoms with Gasteiger partial charge in [0, 0.05) is 35.7 Å². The molecule has 0 aliphatic carbocycles. The van der Waals surface area contributed by atoms with Crippen LogP contribution in [0.4, 0.5) is 0 Å². The zero-order chi connectivity index (χ0) is 16.1. The van der Waals surface area contributed by atoms with Crippen LogP contribution in [-0.4, -0.2) is 55.5 Å². The summed E-state index contributed by atoms with van der Waals surface area (Å²) >= 11 is 12.1. The molecule has 0 atom stereocenters. The molecule has 122 valence electrons. The van der Waals surface area contributed by atoms with Gasteiger partial charge < -0.3 is 10.2 Å².